The molecule has 0 atom stereocenters. The Morgan fingerprint density at radius 3 is 1.77 bits per heavy atom. The minimum atomic E-state index is -4.25. The lowest BCUT2D eigenvalue weighted by molar-refractivity contribution is 0.476. The molecule has 0 amide bonds. The van der Waals surface area contributed by atoms with Crippen molar-refractivity contribution in [2.45, 2.75) is 10.1 Å². The summed E-state index contributed by atoms with van der Waals surface area (Å²) in [5, 5.41) is 7.21. The van der Waals surface area contributed by atoms with Gasteiger partial charge in [-0.05, 0) is 31.9 Å². The summed E-state index contributed by atoms with van der Waals surface area (Å²) in [5.41, 5.74) is 0. The summed E-state index contributed by atoms with van der Waals surface area (Å²) in [6, 6.07) is 0. The molecule has 4 heterocycles. The first kappa shape index (κ1) is 20.1. The van der Waals surface area contributed by atoms with Crippen LogP contribution in [0.25, 0.3) is 9.92 Å². The highest BCUT2D eigenvalue weighted by Gasteiger charge is 2.19. The molecule has 4 rings (SSSR count). The van der Waals surface area contributed by atoms with E-state index in [-0.39, 0.29) is 10.1 Å². The van der Waals surface area contributed by atoms with E-state index in [2.05, 4.69) is 52.0 Å². The van der Waals surface area contributed by atoms with Gasteiger partial charge < -0.3 is 0 Å². The van der Waals surface area contributed by atoms with Gasteiger partial charge in [-0.1, -0.05) is 22.7 Å². The lowest BCUT2D eigenvalue weighted by Crippen LogP contribution is -2.02. The van der Waals surface area contributed by atoms with Crippen molar-refractivity contribution in [3.8, 4) is 0 Å². The van der Waals surface area contributed by atoms with Gasteiger partial charge in [0.05, 0.1) is 12.4 Å². The van der Waals surface area contributed by atoms with E-state index in [1.807, 2.05) is 0 Å². The van der Waals surface area contributed by atoms with Crippen LogP contribution in [-0.2, 0) is 19.2 Å². The predicted octanol–water partition coefficient (Wildman–Crippen LogP) is 2.28. The van der Waals surface area contributed by atoms with Crippen molar-refractivity contribution in [3.63, 3.8) is 0 Å². The second kappa shape index (κ2) is 7.04. The lowest BCUT2D eigenvalue weighted by atomic mass is 10.9. The normalized spacial score (nSPS) is 12.5. The maximum Gasteiger partial charge on any atom is 0.313 e. The summed E-state index contributed by atoms with van der Waals surface area (Å²) in [7, 11) is -2.88. The molecule has 26 heavy (non-hydrogen) atoms. The van der Waals surface area contributed by atoms with Gasteiger partial charge in [-0.2, -0.15) is 17.4 Å². The summed E-state index contributed by atoms with van der Waals surface area (Å²) in [6.45, 7) is 0. The number of hydrogen-bond acceptors (Lipinski definition) is 10. The molecule has 140 valence electrons. The van der Waals surface area contributed by atoms with E-state index in [9.17, 15) is 16.8 Å². The molecule has 0 fully saturated rings. The Kier molecular flexibility index (Phi) is 5.43. The fraction of sp³-hybridized carbons (Fsp3) is 0. The van der Waals surface area contributed by atoms with Crippen LogP contribution in [0, 0.1) is 0 Å². The van der Waals surface area contributed by atoms with Crippen molar-refractivity contribution in [1.82, 2.24) is 29.2 Å². The van der Waals surface area contributed by atoms with Crippen molar-refractivity contribution in [3.05, 3.63) is 20.2 Å². The van der Waals surface area contributed by atoms with Gasteiger partial charge in [0.2, 0.25) is 14.9 Å². The highest BCUT2D eigenvalue weighted by Crippen LogP contribution is 2.24. The first-order chi connectivity index (χ1) is 12.0. The van der Waals surface area contributed by atoms with Crippen molar-refractivity contribution >= 4 is 94.3 Å². The highest BCUT2D eigenvalue weighted by atomic mass is 79.9. The maximum absolute atomic E-state index is 11.0. The van der Waals surface area contributed by atoms with Crippen LogP contribution in [0.3, 0.4) is 0 Å². The molecule has 4 aromatic rings. The predicted molar refractivity (Wildman–Crippen MR) is 100.0 cm³/mol. The molecule has 11 nitrogen and oxygen atoms in total. The third kappa shape index (κ3) is 4.08. The molecule has 0 aliphatic carbocycles. The fourth-order valence-electron chi connectivity index (χ4n) is 1.64. The molecule has 0 bridgehead atoms. The van der Waals surface area contributed by atoms with Crippen molar-refractivity contribution in [2.75, 3.05) is 0 Å². The van der Waals surface area contributed by atoms with Crippen LogP contribution in [0.5, 0.6) is 0 Å². The average Bonchev–Trinajstić information content (AvgIpc) is 3.15. The lowest BCUT2D eigenvalue weighted by Gasteiger charge is -1.89. The number of rotatable bonds is 2. The minimum Gasteiger partial charge on any atom is -0.281 e. The van der Waals surface area contributed by atoms with Crippen molar-refractivity contribution < 1.29 is 21.4 Å². The highest BCUT2D eigenvalue weighted by molar-refractivity contribution is 9.11. The van der Waals surface area contributed by atoms with Gasteiger partial charge in [0.25, 0.3) is 9.05 Å². The number of aromatic nitrogens is 6. The molecule has 0 radical (unpaired) electrons. The van der Waals surface area contributed by atoms with Gasteiger partial charge in [-0.15, -0.1) is 10.2 Å². The topological polar surface area (TPSA) is 149 Å². The van der Waals surface area contributed by atoms with Crippen LogP contribution in [0.1, 0.15) is 0 Å². The third-order valence-corrected chi connectivity index (χ3v) is 7.34. The molecular formula is C8H3Br2ClN6O5S4. The molecule has 0 aliphatic rings. The molecule has 4 aromatic heterocycles. The largest absolute Gasteiger partial charge is 0.313 e. The summed E-state index contributed by atoms with van der Waals surface area (Å²) in [5.74, 6) is 0. The molecule has 0 spiro atoms. The van der Waals surface area contributed by atoms with Gasteiger partial charge in [0.1, 0.15) is 0 Å². The number of fused-ring (bicyclic) bond motifs is 2. The minimum absolute atomic E-state index is 0.119. The number of imidazole rings is 2. The third-order valence-electron chi connectivity index (χ3n) is 2.57. The van der Waals surface area contributed by atoms with Gasteiger partial charge in [-0.25, -0.2) is 18.4 Å². The van der Waals surface area contributed by atoms with Crippen molar-refractivity contribution in [1.29, 1.82) is 0 Å². The summed E-state index contributed by atoms with van der Waals surface area (Å²) < 4.78 is 55.5. The van der Waals surface area contributed by atoms with Crippen LogP contribution < -0.4 is 0 Å². The number of hydrogen-bond donors (Lipinski definition) is 1. The van der Waals surface area contributed by atoms with Gasteiger partial charge in [0, 0.05) is 10.7 Å². The molecule has 0 aromatic carbocycles. The summed E-state index contributed by atoms with van der Waals surface area (Å²) in [6.07, 6.45) is 2.23. The SMILES string of the molecule is O=S(=O)(Cl)c1cnc2sc(Br)nn12.O=S(=O)(O)c1cnc2sc(Br)nn12. The summed E-state index contributed by atoms with van der Waals surface area (Å²) >= 11 is 8.58. The van der Waals surface area contributed by atoms with Gasteiger partial charge in [0.15, 0.2) is 12.9 Å². The van der Waals surface area contributed by atoms with E-state index >= 15 is 0 Å². The fourth-order valence-corrected chi connectivity index (χ4v) is 5.51. The van der Waals surface area contributed by atoms with E-state index in [1.165, 1.54) is 33.4 Å². The van der Waals surface area contributed by atoms with Crippen LogP contribution in [-0.4, -0.2) is 50.6 Å². The maximum atomic E-state index is 11.0. The van der Waals surface area contributed by atoms with E-state index in [0.29, 0.717) is 17.8 Å². The Labute approximate surface area is 174 Å². The number of nitrogens with zero attached hydrogens (tertiary/aromatic N) is 6. The van der Waals surface area contributed by atoms with Gasteiger partial charge in [-0.3, -0.25) is 4.55 Å². The molecule has 1 N–H and O–H groups in total. The van der Waals surface area contributed by atoms with Crippen molar-refractivity contribution in [2.24, 2.45) is 0 Å². The van der Waals surface area contributed by atoms with E-state index in [4.69, 9.17) is 15.2 Å². The Balaban J connectivity index is 0.000000151. The van der Waals surface area contributed by atoms with Crippen LogP contribution >= 0.6 is 65.2 Å². The second-order valence-corrected chi connectivity index (χ2v) is 12.5. The smallest absolute Gasteiger partial charge is 0.281 e. The Morgan fingerprint density at radius 2 is 1.35 bits per heavy atom. The Hall–Kier alpha value is -0.690. The molecule has 0 unspecified atom stereocenters. The molecular weight excluding hydrogens is 584 g/mol. The monoisotopic (exact) mass is 584 g/mol. The molecule has 18 heteroatoms. The van der Waals surface area contributed by atoms with Crippen LogP contribution in [0.15, 0.2) is 30.3 Å². The number of halogens is 3. The molecule has 0 saturated carbocycles. The standard InChI is InChI=1S/C4HBrClN3O2S2.C4H2BrN3O3S2/c5-3-8-9-2(13(6,10)11)1-7-4(9)12-3;5-3-7-8-2(13(9,10)11)1-6-4(8)12-3/h1H;1H,(H,9,10,11). The van der Waals surface area contributed by atoms with E-state index in [1.54, 1.807) is 0 Å². The Morgan fingerprint density at radius 1 is 0.923 bits per heavy atom. The average molecular weight is 587 g/mol. The first-order valence-corrected chi connectivity index (χ1v) is 12.9. The zero-order chi connectivity index (χ0) is 19.3. The van der Waals surface area contributed by atoms with Crippen LogP contribution in [0.2, 0.25) is 0 Å². The summed E-state index contributed by atoms with van der Waals surface area (Å²) in [4.78, 5) is 8.47. The zero-order valence-corrected chi connectivity index (χ0v) is 18.9. The zero-order valence-electron chi connectivity index (χ0n) is 11.7. The van der Waals surface area contributed by atoms with Crippen LogP contribution in [0.4, 0.5) is 0 Å². The second-order valence-electron chi connectivity index (χ2n) is 4.20. The van der Waals surface area contributed by atoms with E-state index < -0.39 is 19.2 Å². The molecule has 0 aliphatic heterocycles. The van der Waals surface area contributed by atoms with Gasteiger partial charge >= 0.3 is 10.1 Å². The van der Waals surface area contributed by atoms with E-state index in [0.717, 1.165) is 10.7 Å². The molecule has 0 saturated heterocycles. The Bertz CT molecular complexity index is 1220. The quantitative estimate of drug-likeness (QED) is 0.276. The first-order valence-electron chi connectivity index (χ1n) is 5.89.